The Kier molecular flexibility index (Phi) is 2.75. The first-order chi connectivity index (χ1) is 14.9. The molecule has 0 N–H and O–H groups in total. The summed E-state index contributed by atoms with van der Waals surface area (Å²) in [5.74, 6) is 0. The van der Waals surface area contributed by atoms with Gasteiger partial charge in [-0.3, -0.25) is 0 Å². The van der Waals surface area contributed by atoms with Crippen LogP contribution in [0.2, 0.25) is 0 Å². The highest BCUT2D eigenvalue weighted by Gasteiger charge is 2.21. The van der Waals surface area contributed by atoms with Crippen molar-refractivity contribution < 1.29 is 0 Å². The second-order valence-corrected chi connectivity index (χ2v) is 10.4. The van der Waals surface area contributed by atoms with Gasteiger partial charge in [0.25, 0.3) is 0 Å². The van der Waals surface area contributed by atoms with Gasteiger partial charge in [-0.2, -0.15) is 0 Å². The topological polar surface area (TPSA) is 0 Å². The van der Waals surface area contributed by atoms with Crippen molar-refractivity contribution in [1.82, 2.24) is 0 Å². The van der Waals surface area contributed by atoms with Crippen LogP contribution in [0.4, 0.5) is 0 Å². The van der Waals surface area contributed by atoms with E-state index in [9.17, 15) is 0 Å². The van der Waals surface area contributed by atoms with Crippen LogP contribution in [0.5, 0.6) is 0 Å². The van der Waals surface area contributed by atoms with E-state index in [0.717, 1.165) is 6.42 Å². The minimum atomic E-state index is 1.10. The van der Waals surface area contributed by atoms with Gasteiger partial charge < -0.3 is 0 Å². The quantitative estimate of drug-likeness (QED) is 0.242. The Morgan fingerprint density at radius 2 is 1.20 bits per heavy atom. The Morgan fingerprint density at radius 1 is 0.633 bits per heavy atom. The summed E-state index contributed by atoms with van der Waals surface area (Å²) >= 11 is 3.89. The lowest BCUT2D eigenvalue weighted by Gasteiger charge is -2.08. The van der Waals surface area contributed by atoms with E-state index in [1.807, 2.05) is 22.7 Å². The molecule has 4 aromatic carbocycles. The summed E-state index contributed by atoms with van der Waals surface area (Å²) in [4.78, 5) is 1.48. The molecule has 2 heterocycles. The molecular weight excluding hydrogens is 400 g/mol. The fourth-order valence-electron chi connectivity index (χ4n) is 5.85. The van der Waals surface area contributed by atoms with Gasteiger partial charge in [0.1, 0.15) is 0 Å². The van der Waals surface area contributed by atoms with Crippen LogP contribution in [0.1, 0.15) is 11.8 Å². The summed E-state index contributed by atoms with van der Waals surface area (Å²) in [5.41, 5.74) is 0. The number of aryl methyl sites for hydroxylation is 1. The maximum Gasteiger partial charge on any atom is 0.0437 e. The van der Waals surface area contributed by atoms with Crippen LogP contribution in [0.15, 0.2) is 66.0 Å². The van der Waals surface area contributed by atoms with Crippen molar-refractivity contribution in [2.45, 2.75) is 13.3 Å². The fourth-order valence-corrected chi connectivity index (χ4v) is 7.98. The molecule has 2 heteroatoms. The first-order valence-electron chi connectivity index (χ1n) is 10.5. The normalized spacial score (nSPS) is 13.0. The lowest BCUT2D eigenvalue weighted by Crippen LogP contribution is -1.87. The van der Waals surface area contributed by atoms with Gasteiger partial charge in [-0.25, -0.2) is 0 Å². The van der Waals surface area contributed by atoms with Crippen LogP contribution in [0.3, 0.4) is 0 Å². The Balaban J connectivity index is 1.98. The molecule has 0 aliphatic heterocycles. The van der Waals surface area contributed by atoms with Crippen molar-refractivity contribution >= 4 is 55.0 Å². The van der Waals surface area contributed by atoms with E-state index in [-0.39, 0.29) is 0 Å². The average molecular weight is 417 g/mol. The number of fused-ring (bicyclic) bond motifs is 8. The summed E-state index contributed by atoms with van der Waals surface area (Å²) in [5, 5.41) is 19.6. The molecule has 8 rings (SSSR count). The lowest BCUT2D eigenvalue weighted by atomic mass is 9.94. The number of thiophene rings is 2. The van der Waals surface area contributed by atoms with E-state index in [4.69, 9.17) is 0 Å². The average Bonchev–Trinajstić information content (AvgIpc) is 3.52. The maximum atomic E-state index is 2.46. The zero-order valence-electron chi connectivity index (χ0n) is 16.4. The summed E-state index contributed by atoms with van der Waals surface area (Å²) in [6.45, 7) is 2.27. The minimum absolute atomic E-state index is 1.10. The van der Waals surface area contributed by atoms with Gasteiger partial charge in [-0.05, 0) is 55.9 Å². The molecule has 2 aromatic heterocycles. The zero-order valence-corrected chi connectivity index (χ0v) is 18.0. The Labute approximate surface area is 179 Å². The molecule has 0 radical (unpaired) electrons. The molecule has 140 valence electrons. The van der Waals surface area contributed by atoms with Gasteiger partial charge in [0.15, 0.2) is 0 Å². The van der Waals surface area contributed by atoms with E-state index in [1.165, 1.54) is 77.6 Å². The molecule has 0 nitrogen and oxygen atoms in total. The monoisotopic (exact) mass is 416 g/mol. The van der Waals surface area contributed by atoms with E-state index in [2.05, 4.69) is 73.0 Å². The van der Waals surface area contributed by atoms with Crippen molar-refractivity contribution in [2.24, 2.45) is 0 Å². The van der Waals surface area contributed by atoms with Gasteiger partial charge in [-0.1, -0.05) is 55.5 Å². The molecule has 0 fully saturated rings. The minimum Gasteiger partial charge on any atom is -0.143 e. The lowest BCUT2D eigenvalue weighted by molar-refractivity contribution is 1.18. The van der Waals surface area contributed by atoms with Crippen molar-refractivity contribution in [1.29, 1.82) is 0 Å². The first-order valence-corrected chi connectivity index (χ1v) is 12.2. The maximum absolute atomic E-state index is 2.46. The summed E-state index contributed by atoms with van der Waals surface area (Å²) < 4.78 is 2.92. The first kappa shape index (κ1) is 15.8. The number of hydrogen-bond acceptors (Lipinski definition) is 2. The van der Waals surface area contributed by atoms with Gasteiger partial charge in [0.2, 0.25) is 0 Å². The van der Waals surface area contributed by atoms with Crippen LogP contribution in [0.25, 0.3) is 32.3 Å². The molecule has 2 aliphatic rings. The van der Waals surface area contributed by atoms with E-state index in [1.54, 1.807) is 0 Å². The fraction of sp³-hybridized carbons (Fsp3) is 0.0714. The van der Waals surface area contributed by atoms with Gasteiger partial charge in [0, 0.05) is 45.6 Å². The highest BCUT2D eigenvalue weighted by atomic mass is 32.1. The smallest absolute Gasteiger partial charge is 0.0437 e. The van der Waals surface area contributed by atoms with Gasteiger partial charge in [0.05, 0.1) is 0 Å². The predicted octanol–water partition coefficient (Wildman–Crippen LogP) is 7.61. The van der Waals surface area contributed by atoms with E-state index < -0.39 is 0 Å². The van der Waals surface area contributed by atoms with E-state index >= 15 is 0 Å². The van der Waals surface area contributed by atoms with Crippen LogP contribution < -0.4 is 0 Å². The third-order valence-corrected chi connectivity index (χ3v) is 9.20. The Bertz CT molecular complexity index is 2000. The molecule has 2 aliphatic carbocycles. The molecule has 0 amide bonds. The highest BCUT2D eigenvalue weighted by Crippen LogP contribution is 2.41. The third-order valence-electron chi connectivity index (χ3n) is 6.97. The highest BCUT2D eigenvalue weighted by molar-refractivity contribution is 7.10. The predicted molar refractivity (Wildman–Crippen MR) is 128 cm³/mol. The Hall–Kier alpha value is -2.94. The summed E-state index contributed by atoms with van der Waals surface area (Å²) in [6.07, 6.45) is 1.10. The molecule has 0 saturated carbocycles. The van der Waals surface area contributed by atoms with Crippen LogP contribution in [-0.2, 0) is 6.42 Å². The Morgan fingerprint density at radius 3 is 1.83 bits per heavy atom. The number of benzene rings is 4. The van der Waals surface area contributed by atoms with Crippen molar-refractivity contribution in [3.8, 4) is 0 Å². The van der Waals surface area contributed by atoms with Crippen molar-refractivity contribution in [3.63, 3.8) is 0 Å². The molecule has 0 saturated heterocycles. The molecule has 0 bridgehead atoms. The van der Waals surface area contributed by atoms with Gasteiger partial charge >= 0.3 is 0 Å². The van der Waals surface area contributed by atoms with Crippen LogP contribution in [0, 0.1) is 40.4 Å². The zero-order chi connectivity index (χ0) is 19.6. The van der Waals surface area contributed by atoms with E-state index in [0.29, 0.717) is 0 Å². The molecular formula is C28H16S2. The molecule has 0 atom stereocenters. The largest absolute Gasteiger partial charge is 0.143 e. The number of hydrogen-bond donors (Lipinski definition) is 0. The van der Waals surface area contributed by atoms with Crippen molar-refractivity contribution in [3.05, 3.63) is 111 Å². The van der Waals surface area contributed by atoms with Crippen LogP contribution >= 0.6 is 22.7 Å². The molecule has 0 unspecified atom stereocenters. The van der Waals surface area contributed by atoms with Crippen LogP contribution in [-0.4, -0.2) is 0 Å². The second-order valence-electron chi connectivity index (χ2n) is 8.31. The second kappa shape index (κ2) is 5.21. The summed E-state index contributed by atoms with van der Waals surface area (Å²) in [6, 6.07) is 22.9. The van der Waals surface area contributed by atoms with Crippen molar-refractivity contribution in [2.75, 3.05) is 0 Å². The van der Waals surface area contributed by atoms with Gasteiger partial charge in [-0.15, -0.1) is 22.7 Å². The molecule has 30 heavy (non-hydrogen) atoms. The standard InChI is InChI=1S/C28H16S2/c1-2-14-13-20-22-16-8-4-3-7-15(16)21-19-11-12-29-27(19)23-17-9-5-6-10-18(17)24(28(20)30-14)26(22)25(21)23/h3-13H,2H2,1H3. The SMILES string of the molecule is CCc1cc2c(s1)=c1c3ccccc3c3c4c(c5ccccc5c=2c14)=c1ccsc1=3. The number of rotatable bonds is 1. The third kappa shape index (κ3) is 1.61. The molecule has 0 spiro atoms. The molecule has 6 aromatic rings. The summed E-state index contributed by atoms with van der Waals surface area (Å²) in [7, 11) is 0.